The molecule has 8 fully saturated rings. The summed E-state index contributed by atoms with van der Waals surface area (Å²) in [6.45, 7) is 9.71. The highest BCUT2D eigenvalue weighted by atomic mass is 16.7. The molecule has 14 atom stereocenters. The number of hydrogen-bond acceptors (Lipinski definition) is 12. The number of esters is 2. The third-order valence-electron chi connectivity index (χ3n) is 15.1. The van der Waals surface area contributed by atoms with Crippen molar-refractivity contribution in [3.05, 3.63) is 23.7 Å². The van der Waals surface area contributed by atoms with E-state index in [1.54, 1.807) is 6.26 Å². The number of carbonyl (C=O) groups is 3. The Morgan fingerprint density at radius 2 is 1.86 bits per heavy atom. The van der Waals surface area contributed by atoms with Crippen LogP contribution in [-0.4, -0.2) is 89.9 Å². The molecule has 6 heterocycles. The summed E-state index contributed by atoms with van der Waals surface area (Å²) < 4.78 is 31.8. The van der Waals surface area contributed by atoms with Crippen LogP contribution in [0.15, 0.2) is 16.7 Å². The fraction of sp³-hybridized carbons (Fsp3) is 0.816. The van der Waals surface area contributed by atoms with Gasteiger partial charge in [-0.25, -0.2) is 4.79 Å². The van der Waals surface area contributed by atoms with Gasteiger partial charge in [-0.3, -0.25) is 9.59 Å². The highest BCUT2D eigenvalue weighted by molar-refractivity contribution is 5.92. The lowest BCUT2D eigenvalue weighted by atomic mass is 9.34. The van der Waals surface area contributed by atoms with Gasteiger partial charge in [0.15, 0.2) is 11.9 Å². The largest absolute Gasteiger partial charge is 0.469 e. The van der Waals surface area contributed by atoms with Gasteiger partial charge < -0.3 is 44.2 Å². The molecule has 1 aromatic heterocycles. The molecule has 1 aromatic rings. The minimum absolute atomic E-state index is 0.0150. The summed E-state index contributed by atoms with van der Waals surface area (Å²) in [6, 6.07) is 2.35. The number of ketones is 1. The van der Waals surface area contributed by atoms with Crippen molar-refractivity contribution in [3.8, 4) is 0 Å². The molecule has 12 nitrogen and oxygen atoms in total. The molecule has 50 heavy (non-hydrogen) atoms. The van der Waals surface area contributed by atoms with Crippen molar-refractivity contribution in [2.75, 3.05) is 26.4 Å². The quantitative estimate of drug-likeness (QED) is 0.170. The van der Waals surface area contributed by atoms with E-state index in [0.717, 1.165) is 44.5 Å². The number of aliphatic hydroxyl groups excluding tert-OH is 2. The third-order valence-corrected chi connectivity index (χ3v) is 15.1. The summed E-state index contributed by atoms with van der Waals surface area (Å²) in [7, 11) is 0. The first-order valence-electron chi connectivity index (χ1n) is 18.9. The Morgan fingerprint density at radius 1 is 1.04 bits per heavy atom. The van der Waals surface area contributed by atoms with E-state index in [-0.39, 0.29) is 42.7 Å². The van der Waals surface area contributed by atoms with E-state index in [1.165, 1.54) is 0 Å². The highest BCUT2D eigenvalue weighted by Gasteiger charge is 2.92. The number of nitrogens with one attached hydrogen (secondary N) is 2. The Morgan fingerprint density at radius 3 is 2.62 bits per heavy atom. The first kappa shape index (κ1) is 33.5. The van der Waals surface area contributed by atoms with Crippen molar-refractivity contribution < 1.29 is 48.0 Å². The predicted molar refractivity (Wildman–Crippen MR) is 175 cm³/mol. The fourth-order valence-corrected chi connectivity index (χ4v) is 13.4. The molecular weight excluding hydrogens is 644 g/mol. The van der Waals surface area contributed by atoms with Gasteiger partial charge in [-0.15, -0.1) is 0 Å². The molecule has 4 N–H and O–H groups in total. The lowest BCUT2D eigenvalue weighted by molar-refractivity contribution is -0.266. The summed E-state index contributed by atoms with van der Waals surface area (Å²) in [5, 5.41) is 29.6. The Balaban J connectivity index is 1.08. The zero-order valence-corrected chi connectivity index (χ0v) is 29.6. The first-order chi connectivity index (χ1) is 23.8. The van der Waals surface area contributed by atoms with Crippen molar-refractivity contribution >= 4 is 17.7 Å². The maximum atomic E-state index is 14.7. The minimum atomic E-state index is -1.42. The number of cyclic esters (lactones) is 2. The lowest BCUT2D eigenvalue weighted by Crippen LogP contribution is -2.77. The van der Waals surface area contributed by atoms with Crippen molar-refractivity contribution in [1.29, 1.82) is 0 Å². The Hall–Kier alpha value is -2.35. The molecule has 8 aliphatic rings. The molecule has 0 amide bonds. The molecule has 0 aromatic carbocycles. The van der Waals surface area contributed by atoms with E-state index < -0.39 is 69.7 Å². The second-order valence-electron chi connectivity index (χ2n) is 17.8. The van der Waals surface area contributed by atoms with Crippen molar-refractivity contribution in [2.24, 2.45) is 45.8 Å². The van der Waals surface area contributed by atoms with Gasteiger partial charge in [-0.2, -0.15) is 0 Å². The SMILES string of the molecule is CC1(C)OC2C3CCC4CC5(C)C(c6ccoc6CC(CO)CCCCC6CNCN6)OC(=O)C6OC65C5(C)C(O)C(=O)C1C2(COC3=O)C45. The maximum Gasteiger partial charge on any atom is 0.339 e. The van der Waals surface area contributed by atoms with Crippen LogP contribution in [0.4, 0.5) is 0 Å². The summed E-state index contributed by atoms with van der Waals surface area (Å²) in [5.74, 6) is -1.99. The number of unbranched alkanes of at least 4 members (excludes halogenated alkanes) is 1. The molecular formula is C38H52N2O10. The standard InChI is InChI=1S/C38H52N2O10/c1-34(2)27-25(42)28(43)36(4)26-20(9-10-23-30(49-34)37(26,27)17-47-32(23)44)14-35(3)29(48-33(45)31-38(35,36)50-31)22-11-12-46-24(22)13-19(16-41)7-5-6-8-21-15-39-18-40-21/h11-12,19-21,23,26-31,39-41,43H,5-10,13-18H2,1-4H3. The average molecular weight is 697 g/mol. The molecule has 14 unspecified atom stereocenters. The van der Waals surface area contributed by atoms with Gasteiger partial charge in [0.05, 0.1) is 29.8 Å². The predicted octanol–water partition coefficient (Wildman–Crippen LogP) is 2.58. The van der Waals surface area contributed by atoms with Crippen LogP contribution in [0, 0.1) is 45.8 Å². The van der Waals surface area contributed by atoms with Crippen LogP contribution >= 0.6 is 0 Å². The number of epoxide rings is 1. The van der Waals surface area contributed by atoms with E-state index in [1.807, 2.05) is 26.8 Å². The smallest absolute Gasteiger partial charge is 0.339 e. The van der Waals surface area contributed by atoms with Gasteiger partial charge in [0.2, 0.25) is 0 Å². The summed E-state index contributed by atoms with van der Waals surface area (Å²) in [4.78, 5) is 41.9. The minimum Gasteiger partial charge on any atom is -0.469 e. The van der Waals surface area contributed by atoms with E-state index in [0.29, 0.717) is 37.5 Å². The van der Waals surface area contributed by atoms with E-state index in [2.05, 4.69) is 17.6 Å². The van der Waals surface area contributed by atoms with Gasteiger partial charge in [-0.1, -0.05) is 26.7 Å². The Bertz CT molecular complexity index is 1590. The number of hydrogen-bond donors (Lipinski definition) is 4. The fourth-order valence-electron chi connectivity index (χ4n) is 13.4. The zero-order valence-electron chi connectivity index (χ0n) is 29.6. The molecule has 5 saturated heterocycles. The van der Waals surface area contributed by atoms with Gasteiger partial charge in [0, 0.05) is 54.1 Å². The highest BCUT2D eigenvalue weighted by Crippen LogP contribution is 2.82. The van der Waals surface area contributed by atoms with E-state index in [4.69, 9.17) is 23.4 Å². The topological polar surface area (TPSA) is 169 Å². The van der Waals surface area contributed by atoms with E-state index >= 15 is 0 Å². The van der Waals surface area contributed by atoms with Crippen LogP contribution in [0.2, 0.25) is 0 Å². The molecule has 2 bridgehead atoms. The average Bonchev–Trinajstić information content (AvgIpc) is 3.32. The summed E-state index contributed by atoms with van der Waals surface area (Å²) in [6.07, 6.45) is 4.28. The molecule has 9 rings (SSSR count). The third kappa shape index (κ3) is 4.06. The van der Waals surface area contributed by atoms with Gasteiger partial charge in [0.1, 0.15) is 30.2 Å². The first-order valence-corrected chi connectivity index (χ1v) is 18.9. The monoisotopic (exact) mass is 696 g/mol. The number of rotatable bonds is 9. The van der Waals surface area contributed by atoms with Crippen LogP contribution in [0.5, 0.6) is 0 Å². The number of ether oxygens (including phenoxy) is 4. The lowest BCUT2D eigenvalue weighted by Gasteiger charge is -2.68. The van der Waals surface area contributed by atoms with Crippen molar-refractivity contribution in [2.45, 2.75) is 121 Å². The van der Waals surface area contributed by atoms with Crippen LogP contribution < -0.4 is 10.6 Å². The Labute approximate surface area is 292 Å². The second kappa shape index (κ2) is 11.1. The van der Waals surface area contributed by atoms with Gasteiger partial charge in [0.25, 0.3) is 0 Å². The summed E-state index contributed by atoms with van der Waals surface area (Å²) >= 11 is 0. The molecule has 5 aliphatic heterocycles. The van der Waals surface area contributed by atoms with Crippen LogP contribution in [-0.2, 0) is 39.8 Å². The second-order valence-corrected chi connectivity index (χ2v) is 17.8. The zero-order chi connectivity index (χ0) is 35.0. The molecule has 3 saturated carbocycles. The van der Waals surface area contributed by atoms with Crippen LogP contribution in [0.25, 0.3) is 0 Å². The maximum absolute atomic E-state index is 14.7. The normalized spacial score (nSPS) is 48.5. The van der Waals surface area contributed by atoms with Crippen molar-refractivity contribution in [3.63, 3.8) is 0 Å². The Kier molecular flexibility index (Phi) is 7.42. The number of aliphatic hydroxyl groups is 2. The van der Waals surface area contributed by atoms with E-state index in [9.17, 15) is 24.6 Å². The van der Waals surface area contributed by atoms with Crippen LogP contribution in [0.3, 0.4) is 0 Å². The number of Topliss-reactive ketones (excluding diaryl/α,β-unsaturated/α-hetero) is 1. The number of furan rings is 1. The molecule has 12 heteroatoms. The molecule has 2 spiro atoms. The molecule has 3 aliphatic carbocycles. The van der Waals surface area contributed by atoms with Crippen LogP contribution in [0.1, 0.15) is 90.1 Å². The molecule has 0 radical (unpaired) electrons. The molecule has 274 valence electrons. The summed E-state index contributed by atoms with van der Waals surface area (Å²) in [5.41, 5.74) is -4.25. The van der Waals surface area contributed by atoms with Gasteiger partial charge >= 0.3 is 11.9 Å². The van der Waals surface area contributed by atoms with Crippen molar-refractivity contribution in [1.82, 2.24) is 10.6 Å². The number of carbonyl (C=O) groups excluding carboxylic acids is 3. The van der Waals surface area contributed by atoms with Gasteiger partial charge in [-0.05, 0) is 69.8 Å².